The summed E-state index contributed by atoms with van der Waals surface area (Å²) in [6.45, 7) is 7.45. The fraction of sp³-hybridized carbons (Fsp3) is 0.931. The fourth-order valence-corrected chi connectivity index (χ4v) is 9.92. The molecule has 6 N–H and O–H groups in total. The Bertz CT molecular complexity index is 878. The summed E-state index contributed by atoms with van der Waals surface area (Å²) in [6.07, 6.45) is 5.44. The van der Waals surface area contributed by atoms with Crippen molar-refractivity contribution in [2.75, 3.05) is 13.2 Å². The van der Waals surface area contributed by atoms with E-state index in [1.54, 1.807) is 6.92 Å². The van der Waals surface area contributed by atoms with Gasteiger partial charge in [0.05, 0.1) is 43.2 Å². The molecule has 1 saturated heterocycles. The summed E-state index contributed by atoms with van der Waals surface area (Å²) in [4.78, 5) is 0. The van der Waals surface area contributed by atoms with Gasteiger partial charge in [0, 0.05) is 17.3 Å². The van der Waals surface area contributed by atoms with Gasteiger partial charge in [-0.15, -0.1) is 0 Å². The lowest BCUT2D eigenvalue weighted by Crippen LogP contribution is -2.63. The molecule has 36 heavy (non-hydrogen) atoms. The molecule has 0 spiro atoms. The molecule has 5 rings (SSSR count). The molecule has 5 aliphatic rings. The average molecular weight is 509 g/mol. The largest absolute Gasteiger partial charge is 0.396 e. The van der Waals surface area contributed by atoms with Crippen LogP contribution in [0.3, 0.4) is 0 Å². The van der Waals surface area contributed by atoms with E-state index in [9.17, 15) is 30.6 Å². The smallest absolute Gasteiger partial charge is 0.104 e. The molecule has 1 heterocycles. The van der Waals surface area contributed by atoms with Gasteiger partial charge < -0.3 is 35.4 Å². The Morgan fingerprint density at radius 1 is 1.03 bits per heavy atom. The van der Waals surface area contributed by atoms with Crippen LogP contribution in [0.2, 0.25) is 0 Å². The molecular formula is C29H48O7. The zero-order valence-corrected chi connectivity index (χ0v) is 22.4. The lowest BCUT2D eigenvalue weighted by molar-refractivity contribution is -0.219. The van der Waals surface area contributed by atoms with Crippen LogP contribution < -0.4 is 0 Å². The first kappa shape index (κ1) is 27.0. The maximum absolute atomic E-state index is 12.5. The van der Waals surface area contributed by atoms with E-state index in [-0.39, 0.29) is 30.0 Å². The van der Waals surface area contributed by atoms with Crippen molar-refractivity contribution in [3.05, 3.63) is 11.6 Å². The molecule has 7 nitrogen and oxygen atoms in total. The summed E-state index contributed by atoms with van der Waals surface area (Å²) in [5.41, 5.74) is -1.82. The van der Waals surface area contributed by atoms with Gasteiger partial charge in [-0.3, -0.25) is 0 Å². The van der Waals surface area contributed by atoms with Crippen molar-refractivity contribution in [1.82, 2.24) is 0 Å². The molecule has 0 bridgehead atoms. The van der Waals surface area contributed by atoms with E-state index in [4.69, 9.17) is 4.74 Å². The molecule has 1 aliphatic heterocycles. The molecule has 0 aromatic heterocycles. The molecule has 206 valence electrons. The van der Waals surface area contributed by atoms with Crippen LogP contribution in [0.1, 0.15) is 79.1 Å². The average Bonchev–Trinajstić information content (AvgIpc) is 3.22. The van der Waals surface area contributed by atoms with Crippen molar-refractivity contribution in [2.24, 2.45) is 40.4 Å². The van der Waals surface area contributed by atoms with Crippen molar-refractivity contribution in [3.63, 3.8) is 0 Å². The third-order valence-electron chi connectivity index (χ3n) is 12.2. The van der Waals surface area contributed by atoms with Gasteiger partial charge >= 0.3 is 0 Å². The Balaban J connectivity index is 1.49. The minimum absolute atomic E-state index is 0.0142. The Hall–Kier alpha value is -0.540. The maximum Gasteiger partial charge on any atom is 0.104 e. The number of aliphatic hydroxyl groups excluding tert-OH is 5. The number of allylic oxidation sites excluding steroid dienone is 2. The molecule has 0 aromatic carbocycles. The number of rotatable bonds is 5. The van der Waals surface area contributed by atoms with Gasteiger partial charge in [-0.25, -0.2) is 0 Å². The van der Waals surface area contributed by atoms with Crippen LogP contribution in [0.5, 0.6) is 0 Å². The molecule has 4 fully saturated rings. The van der Waals surface area contributed by atoms with Gasteiger partial charge in [-0.05, 0) is 81.5 Å². The van der Waals surface area contributed by atoms with Crippen molar-refractivity contribution in [2.45, 2.75) is 115 Å². The van der Waals surface area contributed by atoms with Crippen molar-refractivity contribution >= 4 is 0 Å². The van der Waals surface area contributed by atoms with E-state index in [0.29, 0.717) is 31.1 Å². The van der Waals surface area contributed by atoms with Gasteiger partial charge in [-0.2, -0.15) is 0 Å². The van der Waals surface area contributed by atoms with Crippen molar-refractivity contribution in [1.29, 1.82) is 0 Å². The predicted octanol–water partition coefficient (Wildman–Crippen LogP) is 2.16. The zero-order valence-electron chi connectivity index (χ0n) is 22.4. The van der Waals surface area contributed by atoms with E-state index >= 15 is 0 Å². The maximum atomic E-state index is 12.5. The number of fused-ring (bicyclic) bond motifs is 5. The van der Waals surface area contributed by atoms with E-state index in [2.05, 4.69) is 19.9 Å². The van der Waals surface area contributed by atoms with E-state index in [1.165, 1.54) is 5.57 Å². The Morgan fingerprint density at radius 2 is 1.75 bits per heavy atom. The standard InChI is InChI=1S/C29H48O7/c1-5-19-24(34)25(36-28(19,4)15-31)22(14-30)29(35)23(33)13-21-18-7-6-16-12-17(32)8-10-26(16,2)20(18)9-11-27(21,29)3/h7,16-17,19-25,30-35H,5-6,8-15H2,1-4H3/t16?,17-,19-,20-,21-,22+,23-,24-,25-,26-,27-,28+,29+/m0/s1. The second kappa shape index (κ2) is 9.00. The van der Waals surface area contributed by atoms with E-state index in [1.807, 2.05) is 6.92 Å². The van der Waals surface area contributed by atoms with Gasteiger partial charge in [-0.1, -0.05) is 32.4 Å². The van der Waals surface area contributed by atoms with Crippen LogP contribution >= 0.6 is 0 Å². The van der Waals surface area contributed by atoms with Crippen molar-refractivity contribution in [3.8, 4) is 0 Å². The Morgan fingerprint density at radius 3 is 2.36 bits per heavy atom. The highest BCUT2D eigenvalue weighted by Crippen LogP contribution is 2.68. The SMILES string of the molecule is CC[C@H]1[C@H](O)[C@H]([C@@H](CO)[C@@]2(O)[C@@H](O)C[C@H]3C4=CCC5C[C@@H](O)CC[C@]5(C)[C@H]4CC[C@@]32C)O[C@]1(C)CO. The Kier molecular flexibility index (Phi) is 6.76. The van der Waals surface area contributed by atoms with E-state index < -0.39 is 47.5 Å². The molecule has 4 aliphatic carbocycles. The lowest BCUT2D eigenvalue weighted by atomic mass is 9.47. The van der Waals surface area contributed by atoms with Crippen LogP contribution in [-0.4, -0.2) is 79.5 Å². The van der Waals surface area contributed by atoms with Crippen molar-refractivity contribution < 1.29 is 35.4 Å². The zero-order chi connectivity index (χ0) is 26.3. The lowest BCUT2D eigenvalue weighted by Gasteiger charge is -2.59. The van der Waals surface area contributed by atoms with Crippen LogP contribution in [0.25, 0.3) is 0 Å². The monoisotopic (exact) mass is 508 g/mol. The quantitative estimate of drug-likeness (QED) is 0.314. The summed E-state index contributed by atoms with van der Waals surface area (Å²) in [5.74, 6) is -0.394. The minimum Gasteiger partial charge on any atom is -0.396 e. The highest BCUT2D eigenvalue weighted by Gasteiger charge is 2.71. The minimum atomic E-state index is -1.64. The summed E-state index contributed by atoms with van der Waals surface area (Å²) in [6, 6.07) is 0. The summed E-state index contributed by atoms with van der Waals surface area (Å²) < 4.78 is 6.25. The third-order valence-corrected chi connectivity index (χ3v) is 12.2. The van der Waals surface area contributed by atoms with Gasteiger partial charge in [0.2, 0.25) is 0 Å². The van der Waals surface area contributed by atoms with Gasteiger partial charge in [0.1, 0.15) is 5.60 Å². The fourth-order valence-electron chi connectivity index (χ4n) is 9.92. The normalized spacial score (nSPS) is 55.4. The molecule has 7 heteroatoms. The predicted molar refractivity (Wildman–Crippen MR) is 135 cm³/mol. The first-order valence-electron chi connectivity index (χ1n) is 14.3. The molecule has 0 amide bonds. The number of ether oxygens (including phenoxy) is 1. The molecule has 0 radical (unpaired) electrons. The first-order chi connectivity index (χ1) is 16.9. The molecule has 3 saturated carbocycles. The van der Waals surface area contributed by atoms with Gasteiger partial charge in [0.15, 0.2) is 0 Å². The van der Waals surface area contributed by atoms with Gasteiger partial charge in [0.25, 0.3) is 0 Å². The summed E-state index contributed by atoms with van der Waals surface area (Å²) in [5, 5.41) is 66.2. The highest BCUT2D eigenvalue weighted by molar-refractivity contribution is 5.32. The first-order valence-corrected chi connectivity index (χ1v) is 14.3. The number of aliphatic hydroxyl groups is 6. The van der Waals surface area contributed by atoms with Crippen LogP contribution in [0, 0.1) is 40.4 Å². The molecule has 0 aromatic rings. The molecule has 1 unspecified atom stereocenters. The summed E-state index contributed by atoms with van der Waals surface area (Å²) >= 11 is 0. The topological polar surface area (TPSA) is 131 Å². The third kappa shape index (κ3) is 3.42. The Labute approximate surface area is 215 Å². The molecular weight excluding hydrogens is 460 g/mol. The highest BCUT2D eigenvalue weighted by atomic mass is 16.5. The second-order valence-electron chi connectivity index (χ2n) is 13.6. The van der Waals surface area contributed by atoms with E-state index in [0.717, 1.165) is 32.1 Å². The number of hydrogen-bond donors (Lipinski definition) is 6. The number of hydrogen-bond acceptors (Lipinski definition) is 7. The second-order valence-corrected chi connectivity index (χ2v) is 13.6. The van der Waals surface area contributed by atoms with Crippen LogP contribution in [-0.2, 0) is 4.74 Å². The van der Waals surface area contributed by atoms with Crippen LogP contribution in [0.15, 0.2) is 11.6 Å². The summed E-state index contributed by atoms with van der Waals surface area (Å²) in [7, 11) is 0. The van der Waals surface area contributed by atoms with Crippen LogP contribution in [0.4, 0.5) is 0 Å². The molecule has 13 atom stereocenters.